The van der Waals surface area contributed by atoms with Gasteiger partial charge in [0, 0.05) is 12.1 Å². The van der Waals surface area contributed by atoms with Crippen LogP contribution in [0, 0.1) is 5.92 Å². The van der Waals surface area contributed by atoms with Crippen molar-refractivity contribution in [2.45, 2.75) is 39.3 Å². The maximum atomic E-state index is 3.79. The normalized spacial score (nSPS) is 16.4. The van der Waals surface area contributed by atoms with Crippen molar-refractivity contribution in [1.29, 1.82) is 0 Å². The standard InChI is InChI=1S/C15H23N/c1-5-9-12(2)13(3)16-14(4)15-10-7-6-8-11-15/h5-8,10-14,16H,1,9H2,2-4H3/t12?,13?,14-/m0/s1. The summed E-state index contributed by atoms with van der Waals surface area (Å²) in [6.07, 6.45) is 3.06. The van der Waals surface area contributed by atoms with Gasteiger partial charge in [-0.15, -0.1) is 6.58 Å². The first-order valence-corrected chi connectivity index (χ1v) is 6.07. The van der Waals surface area contributed by atoms with Crippen molar-refractivity contribution in [1.82, 2.24) is 5.32 Å². The molecule has 0 heterocycles. The Morgan fingerprint density at radius 3 is 2.38 bits per heavy atom. The van der Waals surface area contributed by atoms with E-state index in [0.29, 0.717) is 18.0 Å². The fraction of sp³-hybridized carbons (Fsp3) is 0.467. The average molecular weight is 217 g/mol. The second kappa shape index (κ2) is 6.49. The molecule has 2 unspecified atom stereocenters. The molecule has 0 aliphatic heterocycles. The maximum Gasteiger partial charge on any atom is 0.0294 e. The van der Waals surface area contributed by atoms with E-state index in [4.69, 9.17) is 0 Å². The molecule has 0 saturated heterocycles. The smallest absolute Gasteiger partial charge is 0.0294 e. The van der Waals surface area contributed by atoms with Gasteiger partial charge < -0.3 is 5.32 Å². The molecule has 3 atom stereocenters. The molecule has 0 spiro atoms. The van der Waals surface area contributed by atoms with Crippen LogP contribution in [0.5, 0.6) is 0 Å². The van der Waals surface area contributed by atoms with Crippen molar-refractivity contribution < 1.29 is 0 Å². The Morgan fingerprint density at radius 2 is 1.81 bits per heavy atom. The van der Waals surface area contributed by atoms with Crippen LogP contribution in [-0.4, -0.2) is 6.04 Å². The molecule has 0 radical (unpaired) electrons. The van der Waals surface area contributed by atoms with E-state index >= 15 is 0 Å². The highest BCUT2D eigenvalue weighted by molar-refractivity contribution is 5.18. The lowest BCUT2D eigenvalue weighted by molar-refractivity contribution is 0.370. The van der Waals surface area contributed by atoms with Gasteiger partial charge in [-0.25, -0.2) is 0 Å². The molecule has 1 aromatic rings. The third-order valence-corrected chi connectivity index (χ3v) is 3.20. The molecule has 16 heavy (non-hydrogen) atoms. The van der Waals surface area contributed by atoms with Gasteiger partial charge in [0.15, 0.2) is 0 Å². The first-order valence-electron chi connectivity index (χ1n) is 6.07. The molecule has 0 aliphatic rings. The Hall–Kier alpha value is -1.08. The molecule has 0 bridgehead atoms. The Kier molecular flexibility index (Phi) is 5.27. The molecule has 0 aliphatic carbocycles. The number of rotatable bonds is 6. The summed E-state index contributed by atoms with van der Waals surface area (Å²) in [4.78, 5) is 0. The molecular weight excluding hydrogens is 194 g/mol. The Labute approximate surface area is 99.6 Å². The van der Waals surface area contributed by atoms with Crippen LogP contribution >= 0.6 is 0 Å². The summed E-state index contributed by atoms with van der Waals surface area (Å²) in [6, 6.07) is 11.5. The van der Waals surface area contributed by atoms with E-state index in [1.807, 2.05) is 6.08 Å². The van der Waals surface area contributed by atoms with E-state index in [-0.39, 0.29) is 0 Å². The average Bonchev–Trinajstić information content (AvgIpc) is 2.30. The summed E-state index contributed by atoms with van der Waals surface area (Å²) >= 11 is 0. The largest absolute Gasteiger partial charge is 0.307 e. The lowest BCUT2D eigenvalue weighted by atomic mass is 9.98. The van der Waals surface area contributed by atoms with E-state index in [1.54, 1.807) is 0 Å². The molecule has 1 heteroatoms. The summed E-state index contributed by atoms with van der Waals surface area (Å²) in [6.45, 7) is 10.5. The minimum absolute atomic E-state index is 0.406. The van der Waals surface area contributed by atoms with Crippen LogP contribution in [-0.2, 0) is 0 Å². The van der Waals surface area contributed by atoms with Gasteiger partial charge in [0.1, 0.15) is 0 Å². The molecular formula is C15H23N. The number of hydrogen-bond donors (Lipinski definition) is 1. The zero-order chi connectivity index (χ0) is 12.0. The highest BCUT2D eigenvalue weighted by Crippen LogP contribution is 2.16. The predicted octanol–water partition coefficient (Wildman–Crippen LogP) is 3.94. The lowest BCUT2D eigenvalue weighted by Gasteiger charge is -2.24. The molecule has 0 fully saturated rings. The Balaban J connectivity index is 2.51. The van der Waals surface area contributed by atoms with Crippen molar-refractivity contribution in [2.75, 3.05) is 0 Å². The van der Waals surface area contributed by atoms with Gasteiger partial charge in [0.25, 0.3) is 0 Å². The molecule has 1 nitrogen and oxygen atoms in total. The van der Waals surface area contributed by atoms with E-state index in [1.165, 1.54) is 5.56 Å². The van der Waals surface area contributed by atoms with Crippen molar-refractivity contribution in [3.8, 4) is 0 Å². The van der Waals surface area contributed by atoms with Crippen LogP contribution in [0.3, 0.4) is 0 Å². The van der Waals surface area contributed by atoms with Crippen LogP contribution in [0.15, 0.2) is 43.0 Å². The molecule has 0 amide bonds. The van der Waals surface area contributed by atoms with Crippen LogP contribution in [0.25, 0.3) is 0 Å². The van der Waals surface area contributed by atoms with Crippen molar-refractivity contribution in [2.24, 2.45) is 5.92 Å². The highest BCUT2D eigenvalue weighted by Gasteiger charge is 2.13. The van der Waals surface area contributed by atoms with Crippen molar-refractivity contribution in [3.63, 3.8) is 0 Å². The SMILES string of the molecule is C=CCC(C)C(C)N[C@@H](C)c1ccccc1. The zero-order valence-corrected chi connectivity index (χ0v) is 10.6. The van der Waals surface area contributed by atoms with Crippen LogP contribution in [0.4, 0.5) is 0 Å². The monoisotopic (exact) mass is 217 g/mol. The number of nitrogens with one attached hydrogen (secondary N) is 1. The van der Waals surface area contributed by atoms with Crippen LogP contribution < -0.4 is 5.32 Å². The highest BCUT2D eigenvalue weighted by atomic mass is 14.9. The third-order valence-electron chi connectivity index (χ3n) is 3.20. The van der Waals surface area contributed by atoms with E-state index in [9.17, 15) is 0 Å². The Morgan fingerprint density at radius 1 is 1.19 bits per heavy atom. The van der Waals surface area contributed by atoms with Gasteiger partial charge in [0.2, 0.25) is 0 Å². The van der Waals surface area contributed by atoms with Gasteiger partial charge in [-0.05, 0) is 31.7 Å². The first-order chi connectivity index (χ1) is 7.65. The summed E-state index contributed by atoms with van der Waals surface area (Å²) in [7, 11) is 0. The maximum absolute atomic E-state index is 3.79. The van der Waals surface area contributed by atoms with Crippen LogP contribution in [0.2, 0.25) is 0 Å². The minimum Gasteiger partial charge on any atom is -0.307 e. The second-order valence-electron chi connectivity index (χ2n) is 4.59. The summed E-state index contributed by atoms with van der Waals surface area (Å²) in [5.41, 5.74) is 1.35. The van der Waals surface area contributed by atoms with Gasteiger partial charge in [-0.1, -0.05) is 43.3 Å². The summed E-state index contributed by atoms with van der Waals surface area (Å²) < 4.78 is 0. The predicted molar refractivity (Wildman–Crippen MR) is 71.4 cm³/mol. The van der Waals surface area contributed by atoms with Crippen LogP contribution in [0.1, 0.15) is 38.8 Å². The molecule has 1 rings (SSSR count). The van der Waals surface area contributed by atoms with E-state index in [2.05, 4.69) is 63.0 Å². The number of allylic oxidation sites excluding steroid dienone is 1. The van der Waals surface area contributed by atoms with Crippen molar-refractivity contribution in [3.05, 3.63) is 48.6 Å². The molecule has 1 N–H and O–H groups in total. The van der Waals surface area contributed by atoms with Gasteiger partial charge in [0.05, 0.1) is 0 Å². The quantitative estimate of drug-likeness (QED) is 0.712. The molecule has 0 aromatic heterocycles. The fourth-order valence-electron chi connectivity index (χ4n) is 1.86. The van der Waals surface area contributed by atoms with Gasteiger partial charge in [-0.3, -0.25) is 0 Å². The van der Waals surface area contributed by atoms with Gasteiger partial charge >= 0.3 is 0 Å². The first kappa shape index (κ1) is 13.0. The number of hydrogen-bond acceptors (Lipinski definition) is 1. The lowest BCUT2D eigenvalue weighted by Crippen LogP contribution is -2.34. The topological polar surface area (TPSA) is 12.0 Å². The fourth-order valence-corrected chi connectivity index (χ4v) is 1.86. The zero-order valence-electron chi connectivity index (χ0n) is 10.6. The van der Waals surface area contributed by atoms with E-state index in [0.717, 1.165) is 6.42 Å². The van der Waals surface area contributed by atoms with Gasteiger partial charge in [-0.2, -0.15) is 0 Å². The molecule has 88 valence electrons. The van der Waals surface area contributed by atoms with Crippen molar-refractivity contribution >= 4 is 0 Å². The Bertz CT molecular complexity index is 304. The minimum atomic E-state index is 0.406. The third kappa shape index (κ3) is 3.82. The van der Waals surface area contributed by atoms with E-state index < -0.39 is 0 Å². The summed E-state index contributed by atoms with van der Waals surface area (Å²) in [5.74, 6) is 0.628. The molecule has 0 saturated carbocycles. The second-order valence-corrected chi connectivity index (χ2v) is 4.59. The molecule has 1 aromatic carbocycles. The number of benzene rings is 1. The summed E-state index contributed by atoms with van der Waals surface area (Å²) in [5, 5.41) is 3.63.